The highest BCUT2D eigenvalue weighted by molar-refractivity contribution is 4.56. The lowest BCUT2D eigenvalue weighted by Gasteiger charge is -2.45. The zero-order valence-corrected chi connectivity index (χ0v) is 17.0. The van der Waals surface area contributed by atoms with Gasteiger partial charge in [0.1, 0.15) is 13.1 Å². The first-order valence-electron chi connectivity index (χ1n) is 10.4. The minimum absolute atomic E-state index is 0.0412. The highest BCUT2D eigenvalue weighted by Crippen LogP contribution is 2.26. The Bertz CT molecular complexity index is 295. The number of rotatable bonds is 18. The molecule has 0 aliphatic rings. The van der Waals surface area contributed by atoms with E-state index in [0.717, 1.165) is 12.8 Å². The molecule has 0 bridgehead atoms. The fourth-order valence-corrected chi connectivity index (χ4v) is 3.37. The number of unbranched alkanes of at least 4 members (excludes halogenated alkanes) is 9. The van der Waals surface area contributed by atoms with Crippen LogP contribution in [0.2, 0.25) is 0 Å². The van der Waals surface area contributed by atoms with Crippen molar-refractivity contribution in [2.45, 2.75) is 90.4 Å². The van der Waals surface area contributed by atoms with Crippen LogP contribution in [0.4, 0.5) is 0 Å². The van der Waals surface area contributed by atoms with Crippen molar-refractivity contribution >= 4 is 0 Å². The van der Waals surface area contributed by atoms with Gasteiger partial charge in [-0.15, -0.1) is 0 Å². The lowest BCUT2D eigenvalue weighted by atomic mass is 10.1. The fourth-order valence-electron chi connectivity index (χ4n) is 3.37. The predicted molar refractivity (Wildman–Crippen MR) is 103 cm³/mol. The Hall–Kier alpha value is -0.200. The Labute approximate surface area is 155 Å². The standard InChI is InChI=1S/C20H44NO4/c1-4-6-7-8-9-10-11-12-13-14-19-25-20(24,5-2)21(3,15-17-22)16-18-23/h22-24H,4-19H2,1-3H3/q+1. The van der Waals surface area contributed by atoms with Crippen LogP contribution in [-0.4, -0.2) is 65.7 Å². The largest absolute Gasteiger partial charge is 0.391 e. The summed E-state index contributed by atoms with van der Waals surface area (Å²) in [6.07, 6.45) is 13.1. The van der Waals surface area contributed by atoms with Crippen LogP contribution in [-0.2, 0) is 4.74 Å². The van der Waals surface area contributed by atoms with Crippen LogP contribution < -0.4 is 0 Å². The van der Waals surface area contributed by atoms with E-state index in [1.807, 2.05) is 14.0 Å². The number of nitrogens with zero attached hydrogens (tertiary/aromatic N) is 1. The molecule has 0 aliphatic carbocycles. The van der Waals surface area contributed by atoms with Gasteiger partial charge in [0.2, 0.25) is 0 Å². The molecule has 0 aromatic carbocycles. The third-order valence-corrected chi connectivity index (χ3v) is 5.32. The average molecular weight is 363 g/mol. The highest BCUT2D eigenvalue weighted by atomic mass is 16.7. The van der Waals surface area contributed by atoms with Crippen LogP contribution in [0.25, 0.3) is 0 Å². The zero-order valence-electron chi connectivity index (χ0n) is 17.0. The summed E-state index contributed by atoms with van der Waals surface area (Å²) >= 11 is 0. The molecule has 152 valence electrons. The van der Waals surface area contributed by atoms with E-state index in [1.54, 1.807) is 0 Å². The molecule has 0 radical (unpaired) electrons. The number of aliphatic hydroxyl groups excluding tert-OH is 2. The smallest absolute Gasteiger partial charge is 0.316 e. The second kappa shape index (κ2) is 14.9. The van der Waals surface area contributed by atoms with Crippen molar-refractivity contribution in [1.29, 1.82) is 0 Å². The van der Waals surface area contributed by atoms with Crippen molar-refractivity contribution in [3.8, 4) is 0 Å². The molecule has 0 aliphatic heterocycles. The molecular weight excluding hydrogens is 318 g/mol. The van der Waals surface area contributed by atoms with Crippen LogP contribution >= 0.6 is 0 Å². The van der Waals surface area contributed by atoms with E-state index in [4.69, 9.17) is 4.74 Å². The van der Waals surface area contributed by atoms with Crippen molar-refractivity contribution in [3.63, 3.8) is 0 Å². The number of hydrogen-bond donors (Lipinski definition) is 3. The molecule has 0 amide bonds. The van der Waals surface area contributed by atoms with Crippen LogP contribution in [0.15, 0.2) is 0 Å². The van der Waals surface area contributed by atoms with Crippen LogP contribution in [0.1, 0.15) is 84.5 Å². The molecular formula is C20H44NO4+. The van der Waals surface area contributed by atoms with Crippen LogP contribution in [0, 0.1) is 0 Å². The van der Waals surface area contributed by atoms with Crippen LogP contribution in [0.5, 0.6) is 0 Å². The van der Waals surface area contributed by atoms with Gasteiger partial charge in [0.25, 0.3) is 0 Å². The maximum absolute atomic E-state index is 10.9. The topological polar surface area (TPSA) is 69.9 Å². The Morgan fingerprint density at radius 3 is 1.60 bits per heavy atom. The molecule has 0 saturated heterocycles. The van der Waals surface area contributed by atoms with Gasteiger partial charge in [0.05, 0.1) is 33.3 Å². The Balaban J connectivity index is 3.95. The molecule has 0 spiro atoms. The van der Waals surface area contributed by atoms with E-state index in [2.05, 4.69) is 6.92 Å². The SMILES string of the molecule is CCCCCCCCCCCCOC(O)(CC)[N+](C)(CCO)CCO. The van der Waals surface area contributed by atoms with E-state index in [-0.39, 0.29) is 17.7 Å². The summed E-state index contributed by atoms with van der Waals surface area (Å²) in [6.45, 7) is 5.29. The molecule has 0 saturated carbocycles. The highest BCUT2D eigenvalue weighted by Gasteiger charge is 2.46. The summed E-state index contributed by atoms with van der Waals surface area (Å²) in [5, 5.41) is 29.4. The minimum atomic E-state index is -1.34. The Morgan fingerprint density at radius 2 is 1.20 bits per heavy atom. The minimum Gasteiger partial charge on any atom is -0.391 e. The van der Waals surface area contributed by atoms with Crippen molar-refractivity contribution in [1.82, 2.24) is 0 Å². The molecule has 5 heteroatoms. The number of quaternary nitrogens is 1. The van der Waals surface area contributed by atoms with Gasteiger partial charge < -0.3 is 20.1 Å². The van der Waals surface area contributed by atoms with Gasteiger partial charge in [-0.25, -0.2) is 0 Å². The molecule has 0 aromatic heterocycles. The summed E-state index contributed by atoms with van der Waals surface area (Å²) < 4.78 is 5.95. The van der Waals surface area contributed by atoms with Gasteiger partial charge in [0.15, 0.2) is 0 Å². The van der Waals surface area contributed by atoms with Crippen molar-refractivity contribution in [3.05, 3.63) is 0 Å². The number of ether oxygens (including phenoxy) is 1. The molecule has 1 atom stereocenters. The fraction of sp³-hybridized carbons (Fsp3) is 1.00. The predicted octanol–water partition coefficient (Wildman–Crippen LogP) is 3.41. The average Bonchev–Trinajstić information content (AvgIpc) is 2.59. The zero-order chi connectivity index (χ0) is 19.0. The summed E-state index contributed by atoms with van der Waals surface area (Å²) in [5.74, 6) is -1.34. The van der Waals surface area contributed by atoms with Gasteiger partial charge >= 0.3 is 5.91 Å². The first-order chi connectivity index (χ1) is 12.0. The normalized spacial score (nSPS) is 14.6. The molecule has 0 heterocycles. The molecule has 0 rings (SSSR count). The van der Waals surface area contributed by atoms with Crippen molar-refractivity contribution in [2.75, 3.05) is 40.0 Å². The molecule has 5 nitrogen and oxygen atoms in total. The Kier molecular flexibility index (Phi) is 14.8. The summed E-state index contributed by atoms with van der Waals surface area (Å²) in [6, 6.07) is 0. The maximum atomic E-state index is 10.9. The second-order valence-electron chi connectivity index (χ2n) is 7.42. The monoisotopic (exact) mass is 362 g/mol. The summed E-state index contributed by atoms with van der Waals surface area (Å²) in [5.41, 5.74) is 0. The van der Waals surface area contributed by atoms with Gasteiger partial charge in [-0.1, -0.05) is 71.6 Å². The Morgan fingerprint density at radius 1 is 0.760 bits per heavy atom. The van der Waals surface area contributed by atoms with Crippen molar-refractivity contribution < 1.29 is 24.5 Å². The van der Waals surface area contributed by atoms with E-state index in [1.165, 1.54) is 51.4 Å². The van der Waals surface area contributed by atoms with E-state index < -0.39 is 5.91 Å². The molecule has 0 aromatic rings. The number of aliphatic hydroxyl groups is 3. The maximum Gasteiger partial charge on any atom is 0.316 e. The van der Waals surface area contributed by atoms with Gasteiger partial charge in [-0.3, -0.25) is 4.48 Å². The second-order valence-corrected chi connectivity index (χ2v) is 7.42. The number of hydrogen-bond acceptors (Lipinski definition) is 4. The van der Waals surface area contributed by atoms with Gasteiger partial charge in [0, 0.05) is 0 Å². The third kappa shape index (κ3) is 9.90. The third-order valence-electron chi connectivity index (χ3n) is 5.32. The van der Waals surface area contributed by atoms with Gasteiger partial charge in [-0.2, -0.15) is 0 Å². The number of likely N-dealkylation sites (N-methyl/N-ethyl adjacent to an activating group) is 1. The molecule has 25 heavy (non-hydrogen) atoms. The molecule has 3 N–H and O–H groups in total. The van der Waals surface area contributed by atoms with E-state index >= 15 is 0 Å². The van der Waals surface area contributed by atoms with E-state index in [9.17, 15) is 15.3 Å². The van der Waals surface area contributed by atoms with E-state index in [0.29, 0.717) is 26.1 Å². The lowest BCUT2D eigenvalue weighted by molar-refractivity contribution is -1.01. The summed E-state index contributed by atoms with van der Waals surface area (Å²) in [7, 11) is 1.83. The van der Waals surface area contributed by atoms with Crippen molar-refractivity contribution in [2.24, 2.45) is 0 Å². The molecule has 1 unspecified atom stereocenters. The first kappa shape index (κ1) is 24.8. The summed E-state index contributed by atoms with van der Waals surface area (Å²) in [4.78, 5) is 0. The first-order valence-corrected chi connectivity index (χ1v) is 10.4. The van der Waals surface area contributed by atoms with Gasteiger partial charge in [-0.05, 0) is 6.42 Å². The quantitative estimate of drug-likeness (QED) is 0.198. The molecule has 0 fully saturated rings. The lowest BCUT2D eigenvalue weighted by Crippen LogP contribution is -2.65. The van der Waals surface area contributed by atoms with Crippen LogP contribution in [0.3, 0.4) is 0 Å².